The number of benzene rings is 2. The molecule has 1 aliphatic rings. The minimum Gasteiger partial charge on any atom is -0.493 e. The van der Waals surface area contributed by atoms with Gasteiger partial charge < -0.3 is 29.6 Å². The predicted octanol–water partition coefficient (Wildman–Crippen LogP) is 3.25. The summed E-state index contributed by atoms with van der Waals surface area (Å²) in [6.45, 7) is 3.37. The van der Waals surface area contributed by atoms with Gasteiger partial charge in [-0.25, -0.2) is 10.2 Å². The summed E-state index contributed by atoms with van der Waals surface area (Å²) >= 11 is 11.6. The van der Waals surface area contributed by atoms with E-state index in [2.05, 4.69) is 27.1 Å². The lowest BCUT2D eigenvalue weighted by Crippen LogP contribution is -2.45. The van der Waals surface area contributed by atoms with Crippen LogP contribution in [0.3, 0.4) is 0 Å². The van der Waals surface area contributed by atoms with Gasteiger partial charge in [-0.15, -0.1) is 6.42 Å². The van der Waals surface area contributed by atoms with Crippen LogP contribution in [0.15, 0.2) is 52.8 Å². The van der Waals surface area contributed by atoms with E-state index in [-0.39, 0.29) is 24.8 Å². The van der Waals surface area contributed by atoms with E-state index >= 15 is 0 Å². The second-order valence-electron chi connectivity index (χ2n) is 7.94. The van der Waals surface area contributed by atoms with Crippen LogP contribution in [0.25, 0.3) is 0 Å². The quantitative estimate of drug-likeness (QED) is 0.123. The number of halogens is 1. The Hall–Kier alpha value is -4.27. The molecule has 3 rings (SSSR count). The van der Waals surface area contributed by atoms with Crippen molar-refractivity contribution in [2.45, 2.75) is 19.9 Å². The van der Waals surface area contributed by atoms with Crippen molar-refractivity contribution in [1.82, 2.24) is 16.1 Å². The number of hydrogen-bond donors (Lipinski definition) is 3. The molecule has 0 aromatic heterocycles. The zero-order chi connectivity index (χ0) is 28.4. The molecule has 0 unspecified atom stereocenters. The molecule has 10 nitrogen and oxygen atoms in total. The number of nitrogens with one attached hydrogen (secondary N) is 3. The molecule has 204 valence electrons. The maximum atomic E-state index is 12.7. The van der Waals surface area contributed by atoms with E-state index in [1.807, 2.05) is 0 Å². The van der Waals surface area contributed by atoms with Crippen LogP contribution in [-0.4, -0.2) is 50.1 Å². The Morgan fingerprint density at radius 3 is 2.74 bits per heavy atom. The molecule has 0 radical (unpaired) electrons. The molecular weight excluding hydrogens is 544 g/mol. The molecule has 1 heterocycles. The Kier molecular flexibility index (Phi) is 10.5. The predicted molar refractivity (Wildman–Crippen MR) is 151 cm³/mol. The number of nitrogens with zero attached hydrogens (tertiary/aromatic N) is 1. The number of para-hydroxylation sites is 1. The first kappa shape index (κ1) is 29.3. The number of thiocarbonyl (C=S) groups is 1. The van der Waals surface area contributed by atoms with Crippen molar-refractivity contribution < 1.29 is 28.5 Å². The summed E-state index contributed by atoms with van der Waals surface area (Å²) in [4.78, 5) is 25.1. The van der Waals surface area contributed by atoms with Crippen molar-refractivity contribution in [1.29, 1.82) is 0 Å². The van der Waals surface area contributed by atoms with Gasteiger partial charge in [0, 0.05) is 11.3 Å². The molecule has 1 aliphatic heterocycles. The van der Waals surface area contributed by atoms with E-state index < -0.39 is 17.9 Å². The van der Waals surface area contributed by atoms with E-state index in [0.29, 0.717) is 44.8 Å². The first-order valence-electron chi connectivity index (χ1n) is 11.7. The fraction of sp³-hybridized carbons (Fsp3) is 0.259. The van der Waals surface area contributed by atoms with Crippen molar-refractivity contribution in [3.63, 3.8) is 0 Å². The van der Waals surface area contributed by atoms with Crippen molar-refractivity contribution >= 4 is 47.0 Å². The van der Waals surface area contributed by atoms with Gasteiger partial charge in [0.25, 0.3) is 5.91 Å². The van der Waals surface area contributed by atoms with Gasteiger partial charge in [0.15, 0.2) is 23.2 Å². The minimum atomic E-state index is -0.637. The van der Waals surface area contributed by atoms with Crippen LogP contribution >= 0.6 is 23.8 Å². The molecule has 0 saturated carbocycles. The van der Waals surface area contributed by atoms with Gasteiger partial charge in [-0.2, -0.15) is 5.10 Å². The van der Waals surface area contributed by atoms with E-state index in [9.17, 15) is 9.59 Å². The molecule has 1 atom stereocenters. The van der Waals surface area contributed by atoms with Gasteiger partial charge in [0.1, 0.15) is 12.4 Å². The van der Waals surface area contributed by atoms with Crippen LogP contribution in [0.2, 0.25) is 5.02 Å². The second-order valence-corrected chi connectivity index (χ2v) is 8.75. The number of methoxy groups -OCH3 is 1. The van der Waals surface area contributed by atoms with Gasteiger partial charge in [0.2, 0.25) is 0 Å². The van der Waals surface area contributed by atoms with Gasteiger partial charge in [0.05, 0.1) is 36.6 Å². The smallest absolute Gasteiger partial charge is 0.338 e. The molecule has 2 aromatic rings. The number of esters is 1. The molecule has 3 N–H and O–H groups in total. The number of hydrazone groups is 1. The average Bonchev–Trinajstić information content (AvgIpc) is 2.90. The van der Waals surface area contributed by atoms with Gasteiger partial charge in [-0.3, -0.25) is 4.79 Å². The third kappa shape index (κ3) is 7.63. The Labute approximate surface area is 236 Å². The largest absolute Gasteiger partial charge is 0.493 e. The lowest BCUT2D eigenvalue weighted by Gasteiger charge is -2.30. The number of amides is 1. The zero-order valence-corrected chi connectivity index (χ0v) is 23.1. The maximum absolute atomic E-state index is 12.7. The van der Waals surface area contributed by atoms with Crippen molar-refractivity contribution in [2.75, 3.05) is 26.9 Å². The van der Waals surface area contributed by atoms with Crippen LogP contribution in [0.1, 0.15) is 31.0 Å². The maximum Gasteiger partial charge on any atom is 0.338 e. The third-order valence-corrected chi connectivity index (χ3v) is 5.81. The molecule has 39 heavy (non-hydrogen) atoms. The summed E-state index contributed by atoms with van der Waals surface area (Å²) < 4.78 is 21.7. The Balaban J connectivity index is 1.69. The van der Waals surface area contributed by atoms with Crippen LogP contribution in [0.5, 0.6) is 17.2 Å². The number of ether oxygens (including phenoxy) is 4. The van der Waals surface area contributed by atoms with Crippen molar-refractivity contribution in [3.05, 3.63) is 63.8 Å². The Morgan fingerprint density at radius 2 is 2.03 bits per heavy atom. The molecule has 0 spiro atoms. The summed E-state index contributed by atoms with van der Waals surface area (Å²) in [7, 11) is 1.46. The second kappa shape index (κ2) is 14.0. The lowest BCUT2D eigenvalue weighted by molar-refractivity contribution is -0.139. The van der Waals surface area contributed by atoms with Gasteiger partial charge >= 0.3 is 5.97 Å². The Morgan fingerprint density at radius 1 is 1.26 bits per heavy atom. The van der Waals surface area contributed by atoms with Crippen molar-refractivity contribution in [2.24, 2.45) is 5.10 Å². The number of terminal acetylenes is 1. The molecule has 0 saturated heterocycles. The van der Waals surface area contributed by atoms with Crippen LogP contribution in [0.4, 0.5) is 0 Å². The van der Waals surface area contributed by atoms with Gasteiger partial charge in [-0.1, -0.05) is 35.7 Å². The van der Waals surface area contributed by atoms with Crippen LogP contribution in [0, 0.1) is 12.3 Å². The number of carbonyl (C=O) groups excluding carboxylic acids is 2. The number of hydrogen-bond acceptors (Lipinski definition) is 8. The molecule has 2 aromatic carbocycles. The van der Waals surface area contributed by atoms with Crippen LogP contribution in [-0.2, 0) is 14.3 Å². The lowest BCUT2D eigenvalue weighted by atomic mass is 9.95. The SMILES string of the molecule is C#CCOc1c(Cl)cc(C=NNC(=O)COc2ccccc2[C@@H]2NC(=S)NC(C)=C2C(=O)OCC)cc1OC. The van der Waals surface area contributed by atoms with E-state index in [1.165, 1.54) is 13.3 Å². The molecule has 0 aliphatic carbocycles. The van der Waals surface area contributed by atoms with E-state index in [1.54, 1.807) is 50.2 Å². The highest BCUT2D eigenvalue weighted by Crippen LogP contribution is 2.36. The van der Waals surface area contributed by atoms with E-state index in [4.69, 9.17) is 49.2 Å². The molecule has 1 amide bonds. The number of rotatable bonds is 11. The molecule has 0 bridgehead atoms. The fourth-order valence-electron chi connectivity index (χ4n) is 3.68. The highest BCUT2D eigenvalue weighted by atomic mass is 35.5. The molecule has 12 heteroatoms. The highest BCUT2D eigenvalue weighted by Gasteiger charge is 2.32. The minimum absolute atomic E-state index is 0.0309. The third-order valence-electron chi connectivity index (χ3n) is 5.31. The highest BCUT2D eigenvalue weighted by molar-refractivity contribution is 7.80. The topological polar surface area (TPSA) is 120 Å². The summed E-state index contributed by atoms with van der Waals surface area (Å²) in [6.07, 6.45) is 6.62. The van der Waals surface area contributed by atoms with Gasteiger partial charge in [-0.05, 0) is 49.8 Å². The Bertz CT molecular complexity index is 1350. The van der Waals surface area contributed by atoms with E-state index in [0.717, 1.165) is 0 Å². The summed E-state index contributed by atoms with van der Waals surface area (Å²) in [6, 6.07) is 9.59. The normalized spacial score (nSPS) is 14.6. The first-order valence-corrected chi connectivity index (χ1v) is 12.5. The fourth-order valence-corrected chi connectivity index (χ4v) is 4.22. The van der Waals surface area contributed by atoms with Crippen LogP contribution < -0.4 is 30.3 Å². The van der Waals surface area contributed by atoms with Crippen molar-refractivity contribution in [3.8, 4) is 29.6 Å². The molecule has 0 fully saturated rings. The first-order chi connectivity index (χ1) is 18.8. The zero-order valence-electron chi connectivity index (χ0n) is 21.5. The number of allylic oxidation sites excluding steroid dienone is 1. The molecular formula is C27H27ClN4O6S. The number of carbonyl (C=O) groups is 2. The monoisotopic (exact) mass is 570 g/mol. The summed E-state index contributed by atoms with van der Waals surface area (Å²) in [5, 5.41) is 10.6. The summed E-state index contributed by atoms with van der Waals surface area (Å²) in [5.74, 6) is 2.41. The standard InChI is InChI=1S/C27H27ClN4O6S/c1-5-11-37-25-19(28)12-17(13-21(25)35-4)14-29-32-22(33)15-38-20-10-8-7-9-18(20)24-23(26(34)36-6-2)16(3)30-27(39)31-24/h1,7-10,12-14,24H,6,11,15H2,2-4H3,(H,32,33)(H2,30,31,39)/t24-/m0/s1. The summed E-state index contributed by atoms with van der Waals surface area (Å²) in [5.41, 5.74) is 4.48. The average molecular weight is 571 g/mol.